The van der Waals surface area contributed by atoms with Crippen LogP contribution in [0.4, 0.5) is 5.69 Å². The van der Waals surface area contributed by atoms with E-state index < -0.39 is 17.9 Å². The highest BCUT2D eigenvalue weighted by Crippen LogP contribution is 2.27. The lowest BCUT2D eigenvalue weighted by Gasteiger charge is -2.12. The number of esters is 1. The SMILES string of the molecule is CCOC(=O)C(N)C(=O)Nc1ccc(OC)c(Cl)c1. The zero-order chi connectivity index (χ0) is 14.4. The predicted octanol–water partition coefficient (Wildman–Crippen LogP) is 1.18. The van der Waals surface area contributed by atoms with Crippen LogP contribution in [-0.4, -0.2) is 31.6 Å². The Morgan fingerprint density at radius 2 is 2.16 bits per heavy atom. The van der Waals surface area contributed by atoms with Crippen LogP contribution in [0.3, 0.4) is 0 Å². The van der Waals surface area contributed by atoms with Crippen molar-refractivity contribution in [3.05, 3.63) is 23.2 Å². The molecule has 0 fully saturated rings. The molecule has 0 saturated carbocycles. The molecule has 0 aliphatic rings. The number of hydrogen-bond donors (Lipinski definition) is 2. The number of nitrogens with one attached hydrogen (secondary N) is 1. The van der Waals surface area contributed by atoms with Crippen LogP contribution in [0.15, 0.2) is 18.2 Å². The topological polar surface area (TPSA) is 90.7 Å². The summed E-state index contributed by atoms with van der Waals surface area (Å²) in [5.41, 5.74) is 5.86. The molecule has 0 aliphatic carbocycles. The molecule has 0 spiro atoms. The first-order chi connectivity index (χ1) is 8.99. The molecule has 1 aromatic carbocycles. The van der Waals surface area contributed by atoms with E-state index in [2.05, 4.69) is 10.1 Å². The Bertz CT molecular complexity index is 479. The van der Waals surface area contributed by atoms with Gasteiger partial charge in [-0.15, -0.1) is 0 Å². The van der Waals surface area contributed by atoms with E-state index in [9.17, 15) is 9.59 Å². The fraction of sp³-hybridized carbons (Fsp3) is 0.333. The quantitative estimate of drug-likeness (QED) is 0.626. The highest BCUT2D eigenvalue weighted by molar-refractivity contribution is 6.32. The highest BCUT2D eigenvalue weighted by atomic mass is 35.5. The van der Waals surface area contributed by atoms with Gasteiger partial charge < -0.3 is 20.5 Å². The van der Waals surface area contributed by atoms with Gasteiger partial charge >= 0.3 is 5.97 Å². The maximum Gasteiger partial charge on any atom is 0.332 e. The minimum atomic E-state index is -1.37. The van der Waals surface area contributed by atoms with Crippen molar-refractivity contribution in [1.82, 2.24) is 0 Å². The lowest BCUT2D eigenvalue weighted by molar-refractivity contribution is -0.146. The smallest absolute Gasteiger partial charge is 0.332 e. The van der Waals surface area contributed by atoms with E-state index in [1.165, 1.54) is 13.2 Å². The van der Waals surface area contributed by atoms with E-state index in [1.807, 2.05) is 0 Å². The second-order valence-corrected chi connectivity index (χ2v) is 3.98. The summed E-state index contributed by atoms with van der Waals surface area (Å²) in [6.07, 6.45) is 0. The van der Waals surface area contributed by atoms with Crippen molar-refractivity contribution in [2.24, 2.45) is 5.73 Å². The van der Waals surface area contributed by atoms with E-state index in [4.69, 9.17) is 22.1 Å². The fourth-order valence-electron chi connectivity index (χ4n) is 1.30. The van der Waals surface area contributed by atoms with Crippen LogP contribution in [0.1, 0.15) is 6.92 Å². The van der Waals surface area contributed by atoms with Gasteiger partial charge in [0.05, 0.1) is 18.7 Å². The molecule has 104 valence electrons. The van der Waals surface area contributed by atoms with Gasteiger partial charge in [0.15, 0.2) is 6.04 Å². The highest BCUT2D eigenvalue weighted by Gasteiger charge is 2.23. The van der Waals surface area contributed by atoms with Crippen molar-refractivity contribution in [3.8, 4) is 5.75 Å². The number of benzene rings is 1. The predicted molar refractivity (Wildman–Crippen MR) is 71.2 cm³/mol. The summed E-state index contributed by atoms with van der Waals surface area (Å²) >= 11 is 5.91. The summed E-state index contributed by atoms with van der Waals surface area (Å²) < 4.78 is 9.63. The van der Waals surface area contributed by atoms with Crippen LogP contribution in [0.2, 0.25) is 5.02 Å². The molecular weight excluding hydrogens is 272 g/mol. The lowest BCUT2D eigenvalue weighted by Crippen LogP contribution is -2.43. The van der Waals surface area contributed by atoms with Crippen LogP contribution in [0, 0.1) is 0 Å². The minimum absolute atomic E-state index is 0.161. The molecule has 3 N–H and O–H groups in total. The minimum Gasteiger partial charge on any atom is -0.495 e. The van der Waals surface area contributed by atoms with E-state index in [1.54, 1.807) is 19.1 Å². The van der Waals surface area contributed by atoms with Gasteiger partial charge in [0.2, 0.25) is 0 Å². The second kappa shape index (κ2) is 6.96. The number of nitrogens with two attached hydrogens (primary N) is 1. The molecule has 0 radical (unpaired) electrons. The Hall–Kier alpha value is -1.79. The van der Waals surface area contributed by atoms with Crippen molar-refractivity contribution in [2.45, 2.75) is 13.0 Å². The first kappa shape index (κ1) is 15.3. The van der Waals surface area contributed by atoms with Crippen molar-refractivity contribution in [1.29, 1.82) is 0 Å². The summed E-state index contributed by atoms with van der Waals surface area (Å²) in [6, 6.07) is 3.30. The summed E-state index contributed by atoms with van der Waals surface area (Å²) in [5, 5.41) is 2.81. The second-order valence-electron chi connectivity index (χ2n) is 3.57. The van der Waals surface area contributed by atoms with Crippen LogP contribution in [-0.2, 0) is 14.3 Å². The molecule has 7 heteroatoms. The third-order valence-electron chi connectivity index (χ3n) is 2.24. The number of methoxy groups -OCH3 is 1. The average molecular weight is 287 g/mol. The standard InChI is InChI=1S/C12H15ClN2O4/c1-3-19-12(17)10(14)11(16)15-7-4-5-9(18-2)8(13)6-7/h4-6,10H,3,14H2,1-2H3,(H,15,16). The van der Waals surface area contributed by atoms with Gasteiger partial charge in [-0.3, -0.25) is 4.79 Å². The summed E-state index contributed by atoms with van der Waals surface area (Å²) in [4.78, 5) is 23.0. The van der Waals surface area contributed by atoms with E-state index in [-0.39, 0.29) is 6.61 Å². The molecule has 0 saturated heterocycles. The van der Waals surface area contributed by atoms with E-state index in [0.717, 1.165) is 0 Å². The van der Waals surface area contributed by atoms with Crippen LogP contribution >= 0.6 is 11.6 Å². The number of amides is 1. The van der Waals surface area contributed by atoms with Gasteiger partial charge in [-0.2, -0.15) is 0 Å². The molecule has 0 heterocycles. The van der Waals surface area contributed by atoms with E-state index >= 15 is 0 Å². The number of carbonyl (C=O) groups is 2. The number of hydrogen-bond acceptors (Lipinski definition) is 5. The monoisotopic (exact) mass is 286 g/mol. The molecule has 0 aliphatic heterocycles. The first-order valence-electron chi connectivity index (χ1n) is 5.56. The zero-order valence-corrected chi connectivity index (χ0v) is 11.4. The number of carbonyl (C=O) groups excluding carboxylic acids is 2. The van der Waals surface area contributed by atoms with Gasteiger partial charge in [-0.25, -0.2) is 4.79 Å². The van der Waals surface area contributed by atoms with Gasteiger partial charge in [0, 0.05) is 5.69 Å². The lowest BCUT2D eigenvalue weighted by atomic mass is 10.2. The first-order valence-corrected chi connectivity index (χ1v) is 5.94. The van der Waals surface area contributed by atoms with Gasteiger partial charge in [0.1, 0.15) is 5.75 Å². The summed E-state index contributed by atoms with van der Waals surface area (Å²) in [7, 11) is 1.48. The summed E-state index contributed by atoms with van der Waals surface area (Å²) in [5.74, 6) is -0.964. The van der Waals surface area contributed by atoms with Crippen molar-refractivity contribution >= 4 is 29.2 Å². The molecule has 6 nitrogen and oxygen atoms in total. The number of ether oxygens (including phenoxy) is 2. The average Bonchev–Trinajstić information content (AvgIpc) is 2.38. The van der Waals surface area contributed by atoms with Gasteiger partial charge in [0.25, 0.3) is 5.91 Å². The number of halogens is 1. The molecule has 0 bridgehead atoms. The molecule has 1 amide bonds. The Morgan fingerprint density at radius 3 is 2.68 bits per heavy atom. The number of anilines is 1. The van der Waals surface area contributed by atoms with E-state index in [0.29, 0.717) is 16.5 Å². The molecular formula is C12H15ClN2O4. The van der Waals surface area contributed by atoms with Gasteiger partial charge in [-0.1, -0.05) is 11.6 Å². The van der Waals surface area contributed by atoms with Crippen molar-refractivity contribution in [2.75, 3.05) is 19.0 Å². The molecule has 19 heavy (non-hydrogen) atoms. The maximum atomic E-state index is 11.7. The number of rotatable bonds is 5. The third-order valence-corrected chi connectivity index (χ3v) is 2.54. The van der Waals surface area contributed by atoms with Crippen molar-refractivity contribution < 1.29 is 19.1 Å². The molecule has 1 aromatic rings. The zero-order valence-electron chi connectivity index (χ0n) is 10.6. The Labute approximate surface area is 115 Å². The Morgan fingerprint density at radius 1 is 1.47 bits per heavy atom. The van der Waals surface area contributed by atoms with Crippen LogP contribution in [0.25, 0.3) is 0 Å². The Kier molecular flexibility index (Phi) is 5.59. The molecule has 1 rings (SSSR count). The molecule has 1 atom stereocenters. The molecule has 0 aromatic heterocycles. The largest absolute Gasteiger partial charge is 0.495 e. The van der Waals surface area contributed by atoms with Gasteiger partial charge in [-0.05, 0) is 25.1 Å². The third kappa shape index (κ3) is 4.11. The maximum absolute atomic E-state index is 11.7. The van der Waals surface area contributed by atoms with Crippen molar-refractivity contribution in [3.63, 3.8) is 0 Å². The Balaban J connectivity index is 2.71. The normalized spacial score (nSPS) is 11.6. The van der Waals surface area contributed by atoms with Crippen LogP contribution in [0.5, 0.6) is 5.75 Å². The summed E-state index contributed by atoms with van der Waals surface area (Å²) in [6.45, 7) is 1.79. The van der Waals surface area contributed by atoms with Crippen LogP contribution < -0.4 is 15.8 Å². The molecule has 1 unspecified atom stereocenters. The fourth-order valence-corrected chi connectivity index (χ4v) is 1.56.